The molecular formula is C9H20N2O. The maximum atomic E-state index is 10.4. The molecule has 0 saturated carbocycles. The Morgan fingerprint density at radius 1 is 1.58 bits per heavy atom. The monoisotopic (exact) mass is 172 g/mol. The van der Waals surface area contributed by atoms with Crippen molar-refractivity contribution in [2.45, 2.75) is 27.2 Å². The molecule has 1 amide bonds. The standard InChI is InChI=1S/C7H14N2O.C2H6/c1-6-2-3-9(4-6)5-7(8)10;1-2/h6H,2-5H2,1H3,(H2,8,10);1-2H3. The van der Waals surface area contributed by atoms with Gasteiger partial charge in [-0.1, -0.05) is 20.8 Å². The van der Waals surface area contributed by atoms with Crippen LogP contribution in [0.4, 0.5) is 0 Å². The lowest BCUT2D eigenvalue weighted by molar-refractivity contribution is -0.118. The van der Waals surface area contributed by atoms with E-state index in [4.69, 9.17) is 5.73 Å². The topological polar surface area (TPSA) is 46.3 Å². The van der Waals surface area contributed by atoms with Gasteiger partial charge in [-0.2, -0.15) is 0 Å². The van der Waals surface area contributed by atoms with Gasteiger partial charge in [0.1, 0.15) is 0 Å². The van der Waals surface area contributed by atoms with E-state index in [1.807, 2.05) is 13.8 Å². The smallest absolute Gasteiger partial charge is 0.231 e. The normalized spacial score (nSPS) is 23.1. The molecule has 1 saturated heterocycles. The SMILES string of the molecule is CC.CC1CCN(CC(N)=O)C1. The Bertz CT molecular complexity index is 136. The first kappa shape index (κ1) is 11.4. The molecule has 0 aromatic heterocycles. The third-order valence-electron chi connectivity index (χ3n) is 1.89. The summed E-state index contributed by atoms with van der Waals surface area (Å²) in [5.74, 6) is 0.522. The van der Waals surface area contributed by atoms with Gasteiger partial charge in [-0.15, -0.1) is 0 Å². The third-order valence-corrected chi connectivity index (χ3v) is 1.89. The van der Waals surface area contributed by atoms with Gasteiger partial charge >= 0.3 is 0 Å². The van der Waals surface area contributed by atoms with Gasteiger partial charge < -0.3 is 5.73 Å². The lowest BCUT2D eigenvalue weighted by Crippen LogP contribution is -2.31. The number of amides is 1. The molecule has 0 aliphatic carbocycles. The summed E-state index contributed by atoms with van der Waals surface area (Å²) in [7, 11) is 0. The number of primary amides is 1. The van der Waals surface area contributed by atoms with E-state index >= 15 is 0 Å². The summed E-state index contributed by atoms with van der Waals surface area (Å²) in [4.78, 5) is 12.5. The number of carbonyl (C=O) groups is 1. The minimum absolute atomic E-state index is 0.214. The molecule has 3 nitrogen and oxygen atoms in total. The Labute approximate surface area is 74.9 Å². The number of rotatable bonds is 2. The van der Waals surface area contributed by atoms with E-state index in [2.05, 4.69) is 11.8 Å². The van der Waals surface area contributed by atoms with E-state index in [1.54, 1.807) is 0 Å². The Kier molecular flexibility index (Phi) is 5.72. The Balaban J connectivity index is 0.000000561. The minimum Gasteiger partial charge on any atom is -0.369 e. The number of hydrogen-bond donors (Lipinski definition) is 1. The van der Waals surface area contributed by atoms with Crippen LogP contribution in [-0.2, 0) is 4.79 Å². The summed E-state index contributed by atoms with van der Waals surface area (Å²) in [6, 6.07) is 0. The highest BCUT2D eigenvalue weighted by Crippen LogP contribution is 2.13. The Hall–Kier alpha value is -0.570. The first-order valence-corrected chi connectivity index (χ1v) is 4.69. The molecule has 1 heterocycles. The highest BCUT2D eigenvalue weighted by molar-refractivity contribution is 5.75. The van der Waals surface area contributed by atoms with Gasteiger partial charge in [-0.3, -0.25) is 9.69 Å². The molecule has 1 aliphatic heterocycles. The van der Waals surface area contributed by atoms with Gasteiger partial charge in [0.2, 0.25) is 5.91 Å². The van der Waals surface area contributed by atoms with E-state index in [-0.39, 0.29) is 5.91 Å². The number of likely N-dealkylation sites (tertiary alicyclic amines) is 1. The van der Waals surface area contributed by atoms with E-state index in [1.165, 1.54) is 6.42 Å². The van der Waals surface area contributed by atoms with Crippen LogP contribution in [-0.4, -0.2) is 30.4 Å². The van der Waals surface area contributed by atoms with Crippen LogP contribution in [0.2, 0.25) is 0 Å². The molecule has 0 radical (unpaired) electrons. The third kappa shape index (κ3) is 4.34. The van der Waals surface area contributed by atoms with Crippen LogP contribution in [0, 0.1) is 5.92 Å². The molecule has 3 heteroatoms. The highest BCUT2D eigenvalue weighted by Gasteiger charge is 2.19. The van der Waals surface area contributed by atoms with Gasteiger partial charge in [0.05, 0.1) is 6.54 Å². The average molecular weight is 172 g/mol. The first-order valence-electron chi connectivity index (χ1n) is 4.69. The summed E-state index contributed by atoms with van der Waals surface area (Å²) in [5.41, 5.74) is 5.04. The van der Waals surface area contributed by atoms with Crippen molar-refractivity contribution in [1.29, 1.82) is 0 Å². The van der Waals surface area contributed by atoms with Crippen LogP contribution in [0.5, 0.6) is 0 Å². The van der Waals surface area contributed by atoms with Gasteiger partial charge in [-0.05, 0) is 18.9 Å². The fourth-order valence-electron chi connectivity index (χ4n) is 1.39. The molecule has 0 bridgehead atoms. The summed E-state index contributed by atoms with van der Waals surface area (Å²) in [6.07, 6.45) is 1.20. The van der Waals surface area contributed by atoms with Crippen molar-refractivity contribution in [3.8, 4) is 0 Å². The van der Waals surface area contributed by atoms with Gasteiger partial charge in [0, 0.05) is 6.54 Å². The van der Waals surface area contributed by atoms with Crippen molar-refractivity contribution < 1.29 is 4.79 Å². The fourth-order valence-corrected chi connectivity index (χ4v) is 1.39. The first-order chi connectivity index (χ1) is 5.68. The van der Waals surface area contributed by atoms with Crippen LogP contribution in [0.25, 0.3) is 0 Å². The number of nitrogens with two attached hydrogens (primary N) is 1. The van der Waals surface area contributed by atoms with Crippen molar-refractivity contribution in [2.24, 2.45) is 11.7 Å². The van der Waals surface area contributed by atoms with E-state index < -0.39 is 0 Å². The molecule has 72 valence electrons. The molecule has 1 atom stereocenters. The van der Waals surface area contributed by atoms with Gasteiger partial charge in [0.15, 0.2) is 0 Å². The predicted octanol–water partition coefficient (Wildman–Crippen LogP) is 0.840. The fraction of sp³-hybridized carbons (Fsp3) is 0.889. The summed E-state index contributed by atoms with van der Waals surface area (Å²) in [5, 5.41) is 0. The highest BCUT2D eigenvalue weighted by atomic mass is 16.1. The zero-order valence-corrected chi connectivity index (χ0v) is 8.34. The van der Waals surface area contributed by atoms with E-state index in [0.717, 1.165) is 19.0 Å². The average Bonchev–Trinajstić information content (AvgIpc) is 2.39. The van der Waals surface area contributed by atoms with Crippen molar-refractivity contribution in [2.75, 3.05) is 19.6 Å². The molecule has 12 heavy (non-hydrogen) atoms. The van der Waals surface area contributed by atoms with Crippen molar-refractivity contribution in [3.63, 3.8) is 0 Å². The minimum atomic E-state index is -0.214. The van der Waals surface area contributed by atoms with Crippen LogP contribution in [0.15, 0.2) is 0 Å². The quantitative estimate of drug-likeness (QED) is 0.671. The van der Waals surface area contributed by atoms with Crippen LogP contribution in [0.3, 0.4) is 0 Å². The molecule has 0 spiro atoms. The van der Waals surface area contributed by atoms with Gasteiger partial charge in [0.25, 0.3) is 0 Å². The van der Waals surface area contributed by atoms with E-state index in [9.17, 15) is 4.79 Å². The van der Waals surface area contributed by atoms with Crippen LogP contribution in [0.1, 0.15) is 27.2 Å². The molecular weight excluding hydrogens is 152 g/mol. The zero-order valence-electron chi connectivity index (χ0n) is 8.34. The summed E-state index contributed by atoms with van der Waals surface area (Å²) in [6.45, 7) is 8.69. The lowest BCUT2D eigenvalue weighted by Gasteiger charge is -2.11. The van der Waals surface area contributed by atoms with Crippen molar-refractivity contribution in [3.05, 3.63) is 0 Å². The van der Waals surface area contributed by atoms with Crippen molar-refractivity contribution >= 4 is 5.91 Å². The lowest BCUT2D eigenvalue weighted by atomic mass is 10.2. The molecule has 2 N–H and O–H groups in total. The maximum Gasteiger partial charge on any atom is 0.231 e. The molecule has 0 aromatic carbocycles. The Morgan fingerprint density at radius 3 is 2.50 bits per heavy atom. The zero-order chi connectivity index (χ0) is 9.56. The number of hydrogen-bond acceptors (Lipinski definition) is 2. The second-order valence-corrected chi connectivity index (χ2v) is 3.10. The number of carbonyl (C=O) groups excluding carboxylic acids is 1. The van der Waals surface area contributed by atoms with Gasteiger partial charge in [-0.25, -0.2) is 0 Å². The van der Waals surface area contributed by atoms with Crippen LogP contribution < -0.4 is 5.73 Å². The molecule has 1 aliphatic rings. The van der Waals surface area contributed by atoms with E-state index in [0.29, 0.717) is 6.54 Å². The molecule has 0 aromatic rings. The van der Waals surface area contributed by atoms with Crippen molar-refractivity contribution in [1.82, 2.24) is 4.90 Å². The maximum absolute atomic E-state index is 10.4. The molecule has 1 rings (SSSR count). The summed E-state index contributed by atoms with van der Waals surface area (Å²) < 4.78 is 0. The number of nitrogens with zero attached hydrogens (tertiary/aromatic N) is 1. The molecule has 1 fully saturated rings. The molecule has 1 unspecified atom stereocenters. The summed E-state index contributed by atoms with van der Waals surface area (Å²) >= 11 is 0. The predicted molar refractivity (Wildman–Crippen MR) is 50.8 cm³/mol. The second-order valence-electron chi connectivity index (χ2n) is 3.10. The largest absolute Gasteiger partial charge is 0.369 e. The second kappa shape index (κ2) is 6.00. The Morgan fingerprint density at radius 2 is 2.17 bits per heavy atom. The van der Waals surface area contributed by atoms with Crippen LogP contribution >= 0.6 is 0 Å².